The van der Waals surface area contributed by atoms with Gasteiger partial charge in [-0.25, -0.2) is 9.78 Å². The largest absolute Gasteiger partial charge is 0.480 e. The summed E-state index contributed by atoms with van der Waals surface area (Å²) in [4.78, 5) is 43.3. The van der Waals surface area contributed by atoms with E-state index in [4.69, 9.17) is 5.73 Å². The zero-order valence-corrected chi connectivity index (χ0v) is 16.4. The van der Waals surface area contributed by atoms with Gasteiger partial charge in [0.2, 0.25) is 11.8 Å². The number of nitrogens with two attached hydrogens (primary N) is 1. The fourth-order valence-electron chi connectivity index (χ4n) is 2.54. The van der Waals surface area contributed by atoms with E-state index in [1.54, 1.807) is 0 Å². The van der Waals surface area contributed by atoms with Gasteiger partial charge in [0.15, 0.2) is 0 Å². The number of carbonyl (C=O) groups excluding carboxylic acids is 2. The summed E-state index contributed by atoms with van der Waals surface area (Å²) >= 11 is 0. The van der Waals surface area contributed by atoms with E-state index in [0.29, 0.717) is 12.1 Å². The Balaban J connectivity index is 2.86. The van der Waals surface area contributed by atoms with E-state index in [2.05, 4.69) is 20.6 Å². The van der Waals surface area contributed by atoms with Crippen LogP contribution in [-0.2, 0) is 20.8 Å². The predicted octanol–water partition coefficient (Wildman–Crippen LogP) is 0.426. The summed E-state index contributed by atoms with van der Waals surface area (Å²) < 4.78 is 0. The number of carbonyl (C=O) groups is 3. The van der Waals surface area contributed by atoms with Crippen LogP contribution >= 0.6 is 0 Å². The smallest absolute Gasteiger partial charge is 0.326 e. The van der Waals surface area contributed by atoms with E-state index in [-0.39, 0.29) is 18.3 Å². The van der Waals surface area contributed by atoms with Gasteiger partial charge in [0.05, 0.1) is 12.4 Å². The molecule has 0 saturated heterocycles. The second-order valence-corrected chi connectivity index (χ2v) is 6.96. The molecular weight excluding hydrogens is 350 g/mol. The highest BCUT2D eigenvalue weighted by Gasteiger charge is 2.32. The van der Waals surface area contributed by atoms with Crippen LogP contribution in [0.5, 0.6) is 0 Å². The maximum absolute atomic E-state index is 12.7. The number of nitrogens with zero attached hydrogens (tertiary/aromatic N) is 1. The molecule has 0 aliphatic rings. The van der Waals surface area contributed by atoms with Gasteiger partial charge in [-0.2, -0.15) is 0 Å². The molecule has 1 rings (SSSR count). The van der Waals surface area contributed by atoms with Crippen molar-refractivity contribution < 1.29 is 19.5 Å². The minimum Gasteiger partial charge on any atom is -0.480 e. The van der Waals surface area contributed by atoms with Crippen LogP contribution in [-0.4, -0.2) is 51.0 Å². The van der Waals surface area contributed by atoms with Crippen LogP contribution in [0.4, 0.5) is 0 Å². The van der Waals surface area contributed by atoms with E-state index in [9.17, 15) is 19.5 Å². The van der Waals surface area contributed by atoms with Crippen molar-refractivity contribution in [1.29, 1.82) is 0 Å². The van der Waals surface area contributed by atoms with Gasteiger partial charge in [0.25, 0.3) is 0 Å². The highest BCUT2D eigenvalue weighted by molar-refractivity contribution is 5.92. The van der Waals surface area contributed by atoms with Crippen LogP contribution in [0.25, 0.3) is 0 Å². The maximum Gasteiger partial charge on any atom is 0.326 e. The lowest BCUT2D eigenvalue weighted by atomic mass is 9.95. The molecule has 0 aromatic carbocycles. The Morgan fingerprint density at radius 3 is 2.26 bits per heavy atom. The summed E-state index contributed by atoms with van der Waals surface area (Å²) in [6.45, 7) is 7.52. The quantitative estimate of drug-likeness (QED) is 0.375. The fraction of sp³-hybridized carbons (Fsp3) is 0.667. The van der Waals surface area contributed by atoms with E-state index in [1.807, 2.05) is 27.7 Å². The van der Waals surface area contributed by atoms with Gasteiger partial charge < -0.3 is 26.5 Å². The number of amides is 2. The molecule has 0 aliphatic carbocycles. The standard InChI is InChI=1S/C18H31N5O4/c1-5-10(3)14(19)16(24)23-15(11(4)6-2)17(25)22-13(18(26)27)7-12-8-20-9-21-12/h8-11,13-15H,5-7,19H2,1-4H3,(H,20,21)(H,22,25)(H,23,24)(H,26,27)/t10-,11-,13-,14-,15-/m0/s1. The maximum atomic E-state index is 12.7. The third-order valence-electron chi connectivity index (χ3n) is 4.95. The second kappa shape index (κ2) is 10.7. The van der Waals surface area contributed by atoms with Crippen molar-refractivity contribution in [3.63, 3.8) is 0 Å². The Kier molecular flexibility index (Phi) is 8.93. The van der Waals surface area contributed by atoms with Crippen molar-refractivity contribution in [3.05, 3.63) is 18.2 Å². The molecule has 6 N–H and O–H groups in total. The lowest BCUT2D eigenvalue weighted by Crippen LogP contribution is -2.57. The van der Waals surface area contributed by atoms with Crippen molar-refractivity contribution in [2.45, 2.75) is 65.1 Å². The Bertz CT molecular complexity index is 619. The van der Waals surface area contributed by atoms with Crippen LogP contribution in [0.15, 0.2) is 12.5 Å². The number of aromatic nitrogens is 2. The highest BCUT2D eigenvalue weighted by Crippen LogP contribution is 2.11. The Morgan fingerprint density at radius 2 is 1.78 bits per heavy atom. The van der Waals surface area contributed by atoms with Gasteiger partial charge in [-0.1, -0.05) is 40.5 Å². The topological polar surface area (TPSA) is 150 Å². The van der Waals surface area contributed by atoms with Gasteiger partial charge >= 0.3 is 5.97 Å². The van der Waals surface area contributed by atoms with Crippen LogP contribution in [0, 0.1) is 11.8 Å². The zero-order chi connectivity index (χ0) is 20.6. The Labute approximate surface area is 159 Å². The highest BCUT2D eigenvalue weighted by atomic mass is 16.4. The summed E-state index contributed by atoms with van der Waals surface area (Å²) in [5, 5.41) is 14.6. The molecule has 0 unspecified atom stereocenters. The third kappa shape index (κ3) is 6.67. The monoisotopic (exact) mass is 381 g/mol. The van der Waals surface area contributed by atoms with Crippen LogP contribution < -0.4 is 16.4 Å². The normalized spacial score (nSPS) is 16.6. The van der Waals surface area contributed by atoms with E-state index in [0.717, 1.165) is 6.42 Å². The first-order valence-electron chi connectivity index (χ1n) is 9.27. The molecule has 0 radical (unpaired) electrons. The van der Waals surface area contributed by atoms with Gasteiger partial charge in [-0.05, 0) is 11.8 Å². The average molecular weight is 381 g/mol. The number of carboxylic acid groups (broad SMARTS) is 1. The first-order chi connectivity index (χ1) is 12.7. The van der Waals surface area contributed by atoms with Crippen LogP contribution in [0.1, 0.15) is 46.2 Å². The molecule has 2 amide bonds. The Hall–Kier alpha value is -2.42. The molecule has 1 heterocycles. The number of imidazole rings is 1. The van der Waals surface area contributed by atoms with Crippen molar-refractivity contribution >= 4 is 17.8 Å². The van der Waals surface area contributed by atoms with Gasteiger partial charge in [-0.15, -0.1) is 0 Å². The van der Waals surface area contributed by atoms with Crippen molar-refractivity contribution in [1.82, 2.24) is 20.6 Å². The summed E-state index contributed by atoms with van der Waals surface area (Å²) in [5.74, 6) is -2.33. The molecule has 0 bridgehead atoms. The number of carboxylic acids is 1. The molecular formula is C18H31N5O4. The third-order valence-corrected chi connectivity index (χ3v) is 4.95. The van der Waals surface area contributed by atoms with Gasteiger partial charge in [0.1, 0.15) is 12.1 Å². The Morgan fingerprint density at radius 1 is 1.15 bits per heavy atom. The van der Waals surface area contributed by atoms with Crippen molar-refractivity contribution in [3.8, 4) is 0 Å². The average Bonchev–Trinajstić information content (AvgIpc) is 3.16. The van der Waals surface area contributed by atoms with Crippen molar-refractivity contribution in [2.24, 2.45) is 17.6 Å². The first-order valence-corrected chi connectivity index (χ1v) is 9.27. The van der Waals surface area contributed by atoms with Crippen LogP contribution in [0.2, 0.25) is 0 Å². The summed E-state index contributed by atoms with van der Waals surface area (Å²) in [6.07, 6.45) is 4.37. The second-order valence-electron chi connectivity index (χ2n) is 6.96. The number of hydrogen-bond acceptors (Lipinski definition) is 5. The molecule has 9 heteroatoms. The molecule has 0 saturated carbocycles. The van der Waals surface area contributed by atoms with Gasteiger partial charge in [0, 0.05) is 18.3 Å². The lowest BCUT2D eigenvalue weighted by Gasteiger charge is -2.27. The minimum absolute atomic E-state index is 0.0298. The first kappa shape index (κ1) is 22.6. The molecule has 0 fully saturated rings. The van der Waals surface area contributed by atoms with E-state index in [1.165, 1.54) is 12.5 Å². The van der Waals surface area contributed by atoms with Gasteiger partial charge in [-0.3, -0.25) is 9.59 Å². The van der Waals surface area contributed by atoms with E-state index < -0.39 is 35.9 Å². The molecule has 1 aromatic heterocycles. The molecule has 27 heavy (non-hydrogen) atoms. The molecule has 152 valence electrons. The molecule has 9 nitrogen and oxygen atoms in total. The minimum atomic E-state index is -1.16. The summed E-state index contributed by atoms with van der Waals surface area (Å²) in [7, 11) is 0. The summed E-state index contributed by atoms with van der Waals surface area (Å²) in [5.41, 5.74) is 6.54. The number of rotatable bonds is 11. The summed E-state index contributed by atoms with van der Waals surface area (Å²) in [6, 6.07) is -2.72. The molecule has 0 aliphatic heterocycles. The fourth-order valence-corrected chi connectivity index (χ4v) is 2.54. The molecule has 5 atom stereocenters. The van der Waals surface area contributed by atoms with Crippen molar-refractivity contribution in [2.75, 3.05) is 0 Å². The van der Waals surface area contributed by atoms with Crippen LogP contribution in [0.3, 0.4) is 0 Å². The predicted molar refractivity (Wildman–Crippen MR) is 101 cm³/mol. The number of hydrogen-bond donors (Lipinski definition) is 5. The molecule has 0 spiro atoms. The number of aromatic amines is 1. The zero-order valence-electron chi connectivity index (χ0n) is 16.4. The lowest BCUT2D eigenvalue weighted by molar-refractivity contribution is -0.142. The number of nitrogens with one attached hydrogen (secondary N) is 3. The molecule has 1 aromatic rings. The number of aliphatic carboxylic acids is 1. The van der Waals surface area contributed by atoms with E-state index >= 15 is 0 Å². The number of H-pyrrole nitrogens is 1. The SMILES string of the molecule is CC[C@H](C)[C@H](N)C(=O)N[C@H](C(=O)N[C@@H](Cc1cnc[nH]1)C(=O)O)[C@@H](C)CC.